The molecule has 0 radical (unpaired) electrons. The zero-order chi connectivity index (χ0) is 28.1. The molecule has 0 bridgehead atoms. The molecule has 1 aliphatic carbocycles. The van der Waals surface area contributed by atoms with Crippen molar-refractivity contribution in [1.82, 2.24) is 20.3 Å². The highest BCUT2D eigenvalue weighted by molar-refractivity contribution is 7.90. The van der Waals surface area contributed by atoms with Crippen molar-refractivity contribution in [2.75, 3.05) is 12.3 Å². The fourth-order valence-electron chi connectivity index (χ4n) is 5.10. The predicted octanol–water partition coefficient (Wildman–Crippen LogP) is 2.12. The van der Waals surface area contributed by atoms with Crippen LogP contribution in [-0.2, 0) is 29.1 Å². The van der Waals surface area contributed by atoms with Crippen molar-refractivity contribution in [3.8, 4) is 0 Å². The van der Waals surface area contributed by atoms with Crippen molar-refractivity contribution < 1.29 is 32.3 Å². The van der Waals surface area contributed by atoms with E-state index in [0.29, 0.717) is 38.6 Å². The molecule has 4 atom stereocenters. The molecule has 0 spiro atoms. The van der Waals surface area contributed by atoms with Gasteiger partial charge in [0.25, 0.3) is 5.91 Å². The monoisotopic (exact) mass is 554 g/mol. The Labute approximate surface area is 225 Å². The maximum Gasteiger partial charge on any atom is 0.408 e. The lowest BCUT2D eigenvalue weighted by molar-refractivity contribution is -0.141. The minimum absolute atomic E-state index is 0.194. The lowest BCUT2D eigenvalue weighted by Gasteiger charge is -2.30. The molecule has 214 valence electrons. The van der Waals surface area contributed by atoms with Crippen LogP contribution in [-0.4, -0.2) is 72.7 Å². The SMILES string of the molecule is CCCS(=O)(=O)NC(=O)[C@@]12C[C@H]1/C=C\CCCCC[C@H](NC(=O)OC(C)(C)C)C(=O)N1CCC[C@H]1C(=O)N2. The summed E-state index contributed by atoms with van der Waals surface area (Å²) >= 11 is 0. The molecule has 2 aliphatic heterocycles. The van der Waals surface area contributed by atoms with E-state index in [1.807, 2.05) is 12.2 Å². The Morgan fingerprint density at radius 1 is 1.16 bits per heavy atom. The predicted molar refractivity (Wildman–Crippen MR) is 141 cm³/mol. The van der Waals surface area contributed by atoms with Gasteiger partial charge in [-0.25, -0.2) is 13.2 Å². The van der Waals surface area contributed by atoms with E-state index >= 15 is 0 Å². The summed E-state index contributed by atoms with van der Waals surface area (Å²) in [5, 5.41) is 5.50. The van der Waals surface area contributed by atoms with Gasteiger partial charge in [-0.15, -0.1) is 0 Å². The summed E-state index contributed by atoms with van der Waals surface area (Å²) in [4.78, 5) is 54.2. The summed E-state index contributed by atoms with van der Waals surface area (Å²) in [6.45, 7) is 7.27. The summed E-state index contributed by atoms with van der Waals surface area (Å²) in [7, 11) is -3.82. The van der Waals surface area contributed by atoms with E-state index < -0.39 is 51.2 Å². The molecule has 1 saturated carbocycles. The van der Waals surface area contributed by atoms with E-state index in [0.717, 1.165) is 19.3 Å². The van der Waals surface area contributed by atoms with Crippen LogP contribution in [0.4, 0.5) is 4.79 Å². The van der Waals surface area contributed by atoms with Crippen molar-refractivity contribution in [3.05, 3.63) is 12.2 Å². The number of fused-ring (bicyclic) bond motifs is 2. The Morgan fingerprint density at radius 2 is 1.89 bits per heavy atom. The molecule has 0 unspecified atom stereocenters. The molecule has 0 aromatic carbocycles. The molecular weight excluding hydrogens is 512 g/mol. The fraction of sp³-hybridized carbons (Fsp3) is 0.769. The molecule has 12 heteroatoms. The standard InChI is InChI=1S/C26H42N4O7S/c1-5-16-38(35,36)29-23(33)26-17-18(26)12-9-7-6-8-10-13-19(27-24(34)37-25(2,3)4)22(32)30-15-11-14-20(30)21(31)28-26/h9,12,18-20H,5-8,10-11,13-17H2,1-4H3,(H,27,34)(H,28,31)(H,29,33)/b12-9-/t18-,19+,20+,26-/m1/s1. The van der Waals surface area contributed by atoms with E-state index in [4.69, 9.17) is 4.74 Å². The largest absolute Gasteiger partial charge is 0.444 e. The van der Waals surface area contributed by atoms with Gasteiger partial charge in [-0.2, -0.15) is 0 Å². The highest BCUT2D eigenvalue weighted by atomic mass is 32.2. The third-order valence-electron chi connectivity index (χ3n) is 7.05. The van der Waals surface area contributed by atoms with Gasteiger partial charge < -0.3 is 20.3 Å². The van der Waals surface area contributed by atoms with Crippen molar-refractivity contribution in [3.63, 3.8) is 0 Å². The van der Waals surface area contributed by atoms with Crippen LogP contribution in [0.15, 0.2) is 12.2 Å². The number of rotatable bonds is 5. The summed E-state index contributed by atoms with van der Waals surface area (Å²) in [6, 6.07) is -1.67. The summed E-state index contributed by atoms with van der Waals surface area (Å²) in [6.07, 6.45) is 8.30. The van der Waals surface area contributed by atoms with Crippen LogP contribution in [0.5, 0.6) is 0 Å². The number of ether oxygens (including phenoxy) is 1. The molecule has 3 aliphatic rings. The van der Waals surface area contributed by atoms with Crippen LogP contribution in [0.3, 0.4) is 0 Å². The molecule has 4 amide bonds. The second-order valence-electron chi connectivity index (χ2n) is 11.5. The average molecular weight is 555 g/mol. The Kier molecular flexibility index (Phi) is 9.48. The van der Waals surface area contributed by atoms with Crippen LogP contribution in [0.1, 0.15) is 85.5 Å². The van der Waals surface area contributed by atoms with Gasteiger partial charge in [0.05, 0.1) is 5.75 Å². The fourth-order valence-corrected chi connectivity index (χ4v) is 6.20. The number of nitrogens with one attached hydrogen (secondary N) is 3. The first kappa shape index (κ1) is 29.9. The second-order valence-corrected chi connectivity index (χ2v) is 13.3. The Bertz CT molecular complexity index is 1050. The molecule has 0 aromatic heterocycles. The third kappa shape index (κ3) is 7.70. The molecule has 0 aromatic rings. The number of nitrogens with zero attached hydrogens (tertiary/aromatic N) is 1. The zero-order valence-electron chi connectivity index (χ0n) is 22.9. The van der Waals surface area contributed by atoms with Gasteiger partial charge in [0, 0.05) is 12.5 Å². The first-order valence-electron chi connectivity index (χ1n) is 13.6. The number of amides is 4. The number of alkyl carbamates (subject to hydrolysis) is 1. The molecule has 38 heavy (non-hydrogen) atoms. The number of allylic oxidation sites excluding steroid dienone is 1. The molecule has 3 rings (SSSR count). The third-order valence-corrected chi connectivity index (χ3v) is 8.49. The van der Waals surface area contributed by atoms with Crippen LogP contribution < -0.4 is 15.4 Å². The summed E-state index contributed by atoms with van der Waals surface area (Å²) in [5.74, 6) is -2.14. The van der Waals surface area contributed by atoms with E-state index in [-0.39, 0.29) is 24.0 Å². The minimum atomic E-state index is -3.82. The van der Waals surface area contributed by atoms with Gasteiger partial charge in [0.1, 0.15) is 23.2 Å². The number of carbonyl (C=O) groups is 4. The quantitative estimate of drug-likeness (QED) is 0.440. The van der Waals surface area contributed by atoms with Gasteiger partial charge in [-0.1, -0.05) is 31.9 Å². The van der Waals surface area contributed by atoms with Crippen molar-refractivity contribution >= 4 is 33.8 Å². The van der Waals surface area contributed by atoms with Crippen molar-refractivity contribution in [2.45, 2.75) is 109 Å². The second kappa shape index (κ2) is 12.0. The number of hydrogen-bond acceptors (Lipinski definition) is 7. The first-order chi connectivity index (χ1) is 17.8. The zero-order valence-corrected chi connectivity index (χ0v) is 23.7. The lowest BCUT2D eigenvalue weighted by Crippen LogP contribution is -2.58. The van der Waals surface area contributed by atoms with Crippen LogP contribution in [0.25, 0.3) is 0 Å². The van der Waals surface area contributed by atoms with Crippen molar-refractivity contribution in [1.29, 1.82) is 0 Å². The van der Waals surface area contributed by atoms with E-state index in [2.05, 4.69) is 15.4 Å². The van der Waals surface area contributed by atoms with Gasteiger partial charge in [-0.05, 0) is 65.7 Å². The number of hydrogen-bond donors (Lipinski definition) is 3. The highest BCUT2D eigenvalue weighted by Gasteiger charge is 2.61. The normalized spacial score (nSPS) is 29.6. The summed E-state index contributed by atoms with van der Waals surface area (Å²) in [5.41, 5.74) is -2.10. The van der Waals surface area contributed by atoms with Gasteiger partial charge in [-0.3, -0.25) is 19.1 Å². The lowest BCUT2D eigenvalue weighted by atomic mass is 10.0. The molecule has 3 N–H and O–H groups in total. The molecule has 2 heterocycles. The van der Waals surface area contributed by atoms with Gasteiger partial charge in [0.2, 0.25) is 21.8 Å². The Hall–Kier alpha value is -2.63. The molecule has 11 nitrogen and oxygen atoms in total. The highest BCUT2D eigenvalue weighted by Crippen LogP contribution is 2.45. The minimum Gasteiger partial charge on any atom is -0.444 e. The molecular formula is C26H42N4O7S. The first-order valence-corrected chi connectivity index (χ1v) is 15.3. The van der Waals surface area contributed by atoms with Crippen LogP contribution in [0, 0.1) is 5.92 Å². The number of carbonyl (C=O) groups excluding carboxylic acids is 4. The molecule has 1 saturated heterocycles. The number of sulfonamides is 1. The van der Waals surface area contributed by atoms with Crippen LogP contribution >= 0.6 is 0 Å². The van der Waals surface area contributed by atoms with E-state index in [1.165, 1.54) is 4.90 Å². The van der Waals surface area contributed by atoms with Crippen molar-refractivity contribution in [2.24, 2.45) is 5.92 Å². The summed E-state index contributed by atoms with van der Waals surface area (Å²) < 4.78 is 32.1. The maximum atomic E-state index is 13.6. The van der Waals surface area contributed by atoms with Gasteiger partial charge in [0.15, 0.2) is 0 Å². The smallest absolute Gasteiger partial charge is 0.408 e. The van der Waals surface area contributed by atoms with Crippen LogP contribution in [0.2, 0.25) is 0 Å². The van der Waals surface area contributed by atoms with E-state index in [9.17, 15) is 27.6 Å². The molecule has 2 fully saturated rings. The van der Waals surface area contributed by atoms with E-state index in [1.54, 1.807) is 27.7 Å². The topological polar surface area (TPSA) is 151 Å². The Balaban J connectivity index is 1.83. The van der Waals surface area contributed by atoms with Gasteiger partial charge >= 0.3 is 6.09 Å². The Morgan fingerprint density at radius 3 is 2.58 bits per heavy atom. The maximum absolute atomic E-state index is 13.6. The average Bonchev–Trinajstić information content (AvgIpc) is 3.26.